The van der Waals surface area contributed by atoms with Gasteiger partial charge in [-0.3, -0.25) is 4.79 Å². The van der Waals surface area contributed by atoms with Crippen molar-refractivity contribution in [1.29, 1.82) is 0 Å². The van der Waals surface area contributed by atoms with Crippen LogP contribution in [0.3, 0.4) is 0 Å². The van der Waals surface area contributed by atoms with E-state index in [0.717, 1.165) is 25.7 Å². The Bertz CT molecular complexity index is 164. The Hall–Kier alpha value is -0.530. The second kappa shape index (κ2) is 6.86. The molecule has 1 amide bonds. The SMILES string of the molecule is CCC(CC)CC(C(N)=O)C(C)CC. The highest BCUT2D eigenvalue weighted by atomic mass is 16.1. The molecular formula is C12H25NO. The first-order chi connectivity index (χ1) is 6.56. The normalized spacial score (nSPS) is 15.5. The maximum atomic E-state index is 11.3. The predicted octanol–water partition coefficient (Wildman–Crippen LogP) is 2.96. The molecule has 2 unspecified atom stereocenters. The van der Waals surface area contributed by atoms with Crippen molar-refractivity contribution in [2.75, 3.05) is 0 Å². The second-order valence-electron chi connectivity index (χ2n) is 4.31. The lowest BCUT2D eigenvalue weighted by atomic mass is 9.82. The summed E-state index contributed by atoms with van der Waals surface area (Å²) in [5.74, 6) is 1.03. The average Bonchev–Trinajstić information content (AvgIpc) is 2.18. The highest BCUT2D eigenvalue weighted by Gasteiger charge is 2.23. The van der Waals surface area contributed by atoms with Crippen LogP contribution >= 0.6 is 0 Å². The summed E-state index contributed by atoms with van der Waals surface area (Å²) in [6.07, 6.45) is 4.30. The zero-order valence-electron chi connectivity index (χ0n) is 10.0. The fourth-order valence-electron chi connectivity index (χ4n) is 1.89. The lowest BCUT2D eigenvalue weighted by Gasteiger charge is -2.23. The standard InChI is InChI=1S/C12H25NO/c1-5-9(4)11(12(13)14)8-10(6-2)7-3/h9-11H,5-8H2,1-4H3,(H2,13,14). The number of primary amides is 1. The molecule has 2 atom stereocenters. The van der Waals surface area contributed by atoms with Crippen LogP contribution in [0.5, 0.6) is 0 Å². The largest absolute Gasteiger partial charge is 0.369 e. The van der Waals surface area contributed by atoms with E-state index in [2.05, 4.69) is 27.7 Å². The summed E-state index contributed by atoms with van der Waals surface area (Å²) in [6, 6.07) is 0. The third-order valence-electron chi connectivity index (χ3n) is 3.44. The third kappa shape index (κ3) is 4.12. The van der Waals surface area contributed by atoms with Gasteiger partial charge in [0.25, 0.3) is 0 Å². The summed E-state index contributed by atoms with van der Waals surface area (Å²) in [7, 11) is 0. The Labute approximate surface area is 88.3 Å². The van der Waals surface area contributed by atoms with Crippen molar-refractivity contribution >= 4 is 5.91 Å². The summed E-state index contributed by atoms with van der Waals surface area (Å²) in [5.41, 5.74) is 5.43. The molecule has 0 saturated heterocycles. The molecule has 0 saturated carbocycles. The zero-order valence-corrected chi connectivity index (χ0v) is 10.0. The predicted molar refractivity (Wildman–Crippen MR) is 60.8 cm³/mol. The van der Waals surface area contributed by atoms with Crippen LogP contribution in [0.15, 0.2) is 0 Å². The number of amides is 1. The molecule has 0 aliphatic carbocycles. The Kier molecular flexibility index (Phi) is 6.60. The van der Waals surface area contributed by atoms with Gasteiger partial charge >= 0.3 is 0 Å². The summed E-state index contributed by atoms with van der Waals surface area (Å²) in [4.78, 5) is 11.3. The van der Waals surface area contributed by atoms with E-state index in [9.17, 15) is 4.79 Å². The lowest BCUT2D eigenvalue weighted by molar-refractivity contribution is -0.124. The van der Waals surface area contributed by atoms with Gasteiger partial charge in [-0.1, -0.05) is 47.0 Å². The van der Waals surface area contributed by atoms with E-state index in [1.165, 1.54) is 0 Å². The minimum absolute atomic E-state index is 0.0740. The summed E-state index contributed by atoms with van der Waals surface area (Å²) in [5, 5.41) is 0. The number of nitrogens with two attached hydrogens (primary N) is 1. The van der Waals surface area contributed by atoms with Crippen LogP contribution in [-0.2, 0) is 4.79 Å². The van der Waals surface area contributed by atoms with Crippen LogP contribution in [0.2, 0.25) is 0 Å². The average molecular weight is 199 g/mol. The minimum Gasteiger partial charge on any atom is -0.369 e. The minimum atomic E-state index is -0.119. The highest BCUT2D eigenvalue weighted by molar-refractivity contribution is 5.76. The fourth-order valence-corrected chi connectivity index (χ4v) is 1.89. The number of carbonyl (C=O) groups excluding carboxylic acids is 1. The Balaban J connectivity index is 4.28. The number of carbonyl (C=O) groups is 1. The molecule has 2 heteroatoms. The van der Waals surface area contributed by atoms with Gasteiger partial charge in [0.1, 0.15) is 0 Å². The first-order valence-corrected chi connectivity index (χ1v) is 5.85. The third-order valence-corrected chi connectivity index (χ3v) is 3.44. The van der Waals surface area contributed by atoms with Gasteiger partial charge in [0.05, 0.1) is 0 Å². The fraction of sp³-hybridized carbons (Fsp3) is 0.917. The van der Waals surface area contributed by atoms with E-state index in [0.29, 0.717) is 11.8 Å². The van der Waals surface area contributed by atoms with Crippen LogP contribution in [0.1, 0.15) is 53.4 Å². The molecule has 0 radical (unpaired) electrons. The molecule has 0 spiro atoms. The van der Waals surface area contributed by atoms with Gasteiger partial charge in [0, 0.05) is 5.92 Å². The molecule has 0 aliphatic heterocycles. The maximum absolute atomic E-state index is 11.3. The lowest BCUT2D eigenvalue weighted by Crippen LogP contribution is -2.30. The van der Waals surface area contributed by atoms with Crippen molar-refractivity contribution in [3.05, 3.63) is 0 Å². The van der Waals surface area contributed by atoms with E-state index in [-0.39, 0.29) is 11.8 Å². The van der Waals surface area contributed by atoms with E-state index < -0.39 is 0 Å². The molecule has 0 heterocycles. The highest BCUT2D eigenvalue weighted by Crippen LogP contribution is 2.26. The first kappa shape index (κ1) is 13.5. The second-order valence-corrected chi connectivity index (χ2v) is 4.31. The summed E-state index contributed by atoms with van der Waals surface area (Å²) < 4.78 is 0. The van der Waals surface area contributed by atoms with E-state index in [4.69, 9.17) is 5.73 Å². The molecule has 0 bridgehead atoms. The van der Waals surface area contributed by atoms with Gasteiger partial charge < -0.3 is 5.73 Å². The number of hydrogen-bond acceptors (Lipinski definition) is 1. The van der Waals surface area contributed by atoms with Crippen LogP contribution in [0, 0.1) is 17.8 Å². The van der Waals surface area contributed by atoms with Crippen LogP contribution in [0.25, 0.3) is 0 Å². The van der Waals surface area contributed by atoms with Crippen molar-refractivity contribution in [3.8, 4) is 0 Å². The topological polar surface area (TPSA) is 43.1 Å². The van der Waals surface area contributed by atoms with Gasteiger partial charge in [-0.15, -0.1) is 0 Å². The molecular weight excluding hydrogens is 174 g/mol. The van der Waals surface area contributed by atoms with Gasteiger partial charge in [-0.05, 0) is 18.3 Å². The molecule has 0 fully saturated rings. The molecule has 2 nitrogen and oxygen atoms in total. The van der Waals surface area contributed by atoms with Gasteiger partial charge in [0.2, 0.25) is 5.91 Å². The van der Waals surface area contributed by atoms with Crippen molar-refractivity contribution in [2.24, 2.45) is 23.5 Å². The monoisotopic (exact) mass is 199 g/mol. The first-order valence-electron chi connectivity index (χ1n) is 5.85. The Morgan fingerprint density at radius 3 is 1.93 bits per heavy atom. The number of rotatable bonds is 7. The molecule has 0 aromatic carbocycles. The molecule has 2 N–H and O–H groups in total. The zero-order chi connectivity index (χ0) is 11.1. The van der Waals surface area contributed by atoms with Crippen LogP contribution in [0.4, 0.5) is 0 Å². The Morgan fingerprint density at radius 1 is 1.14 bits per heavy atom. The van der Waals surface area contributed by atoms with Gasteiger partial charge in [-0.2, -0.15) is 0 Å². The summed E-state index contributed by atoms with van der Waals surface area (Å²) >= 11 is 0. The van der Waals surface area contributed by atoms with Crippen LogP contribution < -0.4 is 5.73 Å². The molecule has 14 heavy (non-hydrogen) atoms. The van der Waals surface area contributed by atoms with Crippen molar-refractivity contribution in [2.45, 2.75) is 53.4 Å². The van der Waals surface area contributed by atoms with Gasteiger partial charge in [0.15, 0.2) is 0 Å². The smallest absolute Gasteiger partial charge is 0.220 e. The molecule has 0 aromatic rings. The van der Waals surface area contributed by atoms with Crippen molar-refractivity contribution < 1.29 is 4.79 Å². The quantitative estimate of drug-likeness (QED) is 0.673. The van der Waals surface area contributed by atoms with E-state index >= 15 is 0 Å². The van der Waals surface area contributed by atoms with Crippen LogP contribution in [-0.4, -0.2) is 5.91 Å². The van der Waals surface area contributed by atoms with Crippen molar-refractivity contribution in [3.63, 3.8) is 0 Å². The summed E-state index contributed by atoms with van der Waals surface area (Å²) in [6.45, 7) is 8.61. The molecule has 0 aliphatic rings. The van der Waals surface area contributed by atoms with Gasteiger partial charge in [-0.25, -0.2) is 0 Å². The molecule has 0 aromatic heterocycles. The molecule has 0 rings (SSSR count). The van der Waals surface area contributed by atoms with Crippen molar-refractivity contribution in [1.82, 2.24) is 0 Å². The molecule has 84 valence electrons. The van der Waals surface area contributed by atoms with E-state index in [1.807, 2.05) is 0 Å². The maximum Gasteiger partial charge on any atom is 0.220 e. The number of hydrogen-bond donors (Lipinski definition) is 1. The Morgan fingerprint density at radius 2 is 1.64 bits per heavy atom. The van der Waals surface area contributed by atoms with E-state index in [1.54, 1.807) is 0 Å².